The Balaban J connectivity index is 2.01. The van der Waals surface area contributed by atoms with Crippen LogP contribution >= 0.6 is 0 Å². The molecule has 0 amide bonds. The van der Waals surface area contributed by atoms with Gasteiger partial charge in [-0.3, -0.25) is 0 Å². The molecule has 2 rings (SSSR count). The summed E-state index contributed by atoms with van der Waals surface area (Å²) in [5.41, 5.74) is 0. The Hall–Kier alpha value is 0.0569. The van der Waals surface area contributed by atoms with Crippen molar-refractivity contribution in [3.63, 3.8) is 0 Å². The van der Waals surface area contributed by atoms with Crippen molar-refractivity contribution >= 4 is 8.32 Å². The minimum atomic E-state index is -1.78. The molecule has 0 unspecified atom stereocenters. The van der Waals surface area contributed by atoms with Gasteiger partial charge in [0.15, 0.2) is 14.1 Å². The SMILES string of the molecule is CCCC[C@H]1O[C@H](CO[Si](C)(C)C(C)(C)C)[C@H]2OC(C)(C)O[C@H]21. The van der Waals surface area contributed by atoms with Gasteiger partial charge in [0.05, 0.1) is 12.7 Å². The maximum absolute atomic E-state index is 6.39. The van der Waals surface area contributed by atoms with E-state index in [1.807, 2.05) is 13.8 Å². The van der Waals surface area contributed by atoms with Crippen molar-refractivity contribution in [1.29, 1.82) is 0 Å². The summed E-state index contributed by atoms with van der Waals surface area (Å²) in [5, 5.41) is 0.207. The van der Waals surface area contributed by atoms with Crippen molar-refractivity contribution < 1.29 is 18.6 Å². The van der Waals surface area contributed by atoms with E-state index in [0.717, 1.165) is 12.8 Å². The average molecular weight is 345 g/mol. The first-order chi connectivity index (χ1) is 10.5. The van der Waals surface area contributed by atoms with Gasteiger partial charge in [-0.25, -0.2) is 0 Å². The summed E-state index contributed by atoms with van der Waals surface area (Å²) in [6.07, 6.45) is 3.53. The number of hydrogen-bond donors (Lipinski definition) is 0. The maximum Gasteiger partial charge on any atom is 0.192 e. The molecule has 2 aliphatic rings. The topological polar surface area (TPSA) is 36.9 Å². The molecule has 0 aromatic rings. The Morgan fingerprint density at radius 3 is 2.13 bits per heavy atom. The van der Waals surface area contributed by atoms with Gasteiger partial charge >= 0.3 is 0 Å². The molecule has 2 aliphatic heterocycles. The third-order valence-electron chi connectivity index (χ3n) is 5.50. The lowest BCUT2D eigenvalue weighted by molar-refractivity contribution is -0.190. The van der Waals surface area contributed by atoms with Crippen LogP contribution in [0, 0.1) is 0 Å². The van der Waals surface area contributed by atoms with Crippen LogP contribution in [0.2, 0.25) is 18.1 Å². The second kappa shape index (κ2) is 6.75. The number of unbranched alkanes of at least 4 members (excludes halogenated alkanes) is 1. The van der Waals surface area contributed by atoms with Crippen LogP contribution in [0.15, 0.2) is 0 Å². The van der Waals surface area contributed by atoms with E-state index in [-0.39, 0.29) is 29.5 Å². The van der Waals surface area contributed by atoms with E-state index in [1.54, 1.807) is 0 Å². The molecule has 2 saturated heterocycles. The molecule has 23 heavy (non-hydrogen) atoms. The standard InChI is InChI=1S/C18H36O4Si/c1-9-10-11-13-15-16(22-18(5,6)21-15)14(20-13)12-19-23(7,8)17(2,3)4/h13-16H,9-12H2,1-8H3/t13-,14-,15+,16-/m1/s1. The van der Waals surface area contributed by atoms with Crippen molar-refractivity contribution in [1.82, 2.24) is 0 Å². The molecule has 0 N–H and O–H groups in total. The summed E-state index contributed by atoms with van der Waals surface area (Å²) < 4.78 is 24.9. The molecule has 0 aromatic heterocycles. The van der Waals surface area contributed by atoms with E-state index < -0.39 is 14.1 Å². The average Bonchev–Trinajstić information content (AvgIpc) is 2.87. The smallest absolute Gasteiger partial charge is 0.192 e. The van der Waals surface area contributed by atoms with Crippen molar-refractivity contribution in [3.05, 3.63) is 0 Å². The molecule has 0 spiro atoms. The van der Waals surface area contributed by atoms with Gasteiger partial charge in [0.1, 0.15) is 18.3 Å². The number of hydrogen-bond acceptors (Lipinski definition) is 4. The zero-order valence-electron chi connectivity index (χ0n) is 16.3. The highest BCUT2D eigenvalue weighted by Gasteiger charge is 2.55. The van der Waals surface area contributed by atoms with Crippen LogP contribution in [0.4, 0.5) is 0 Å². The molecule has 2 fully saturated rings. The Kier molecular flexibility index (Phi) is 5.69. The van der Waals surface area contributed by atoms with Crippen molar-refractivity contribution in [2.24, 2.45) is 0 Å². The van der Waals surface area contributed by atoms with Crippen molar-refractivity contribution in [3.8, 4) is 0 Å². The highest BCUT2D eigenvalue weighted by atomic mass is 28.4. The molecule has 0 aromatic carbocycles. The molecule has 0 radical (unpaired) electrons. The molecule has 0 aliphatic carbocycles. The van der Waals surface area contributed by atoms with E-state index >= 15 is 0 Å². The fraction of sp³-hybridized carbons (Fsp3) is 1.00. The van der Waals surface area contributed by atoms with Gasteiger partial charge in [0, 0.05) is 0 Å². The summed E-state index contributed by atoms with van der Waals surface area (Å²) in [7, 11) is -1.78. The number of fused-ring (bicyclic) bond motifs is 1. The lowest BCUT2D eigenvalue weighted by Gasteiger charge is -2.37. The minimum Gasteiger partial charge on any atom is -0.414 e. The normalized spacial score (nSPS) is 33.9. The zero-order chi connectivity index (χ0) is 17.5. The molecule has 4 atom stereocenters. The fourth-order valence-electron chi connectivity index (χ4n) is 3.05. The monoisotopic (exact) mass is 344 g/mol. The molecular weight excluding hydrogens is 308 g/mol. The van der Waals surface area contributed by atoms with Crippen molar-refractivity contribution in [2.75, 3.05) is 6.61 Å². The largest absolute Gasteiger partial charge is 0.414 e. The second-order valence-corrected chi connectivity index (χ2v) is 13.8. The minimum absolute atomic E-state index is 0.00313. The summed E-state index contributed by atoms with van der Waals surface area (Å²) in [5.74, 6) is -0.515. The lowest BCUT2D eigenvalue weighted by atomic mass is 10.0. The molecular formula is C18H36O4Si. The van der Waals surface area contributed by atoms with Gasteiger partial charge in [0.25, 0.3) is 0 Å². The van der Waals surface area contributed by atoms with Gasteiger partial charge in [-0.15, -0.1) is 0 Å². The summed E-state index contributed by atoms with van der Waals surface area (Å²) in [4.78, 5) is 0. The first-order valence-electron chi connectivity index (χ1n) is 9.12. The molecule has 136 valence electrons. The van der Waals surface area contributed by atoms with Crippen molar-refractivity contribution in [2.45, 2.75) is 109 Å². The summed E-state index contributed by atoms with van der Waals surface area (Å²) in [6, 6.07) is 0. The van der Waals surface area contributed by atoms with Gasteiger partial charge in [-0.2, -0.15) is 0 Å². The predicted molar refractivity (Wildman–Crippen MR) is 95.2 cm³/mol. The molecule has 0 bridgehead atoms. The van der Waals surface area contributed by atoms with Crippen LogP contribution in [-0.4, -0.2) is 45.1 Å². The Bertz CT molecular complexity index is 402. The van der Waals surface area contributed by atoms with Gasteiger partial charge < -0.3 is 18.6 Å². The third-order valence-corrected chi connectivity index (χ3v) is 10.0. The Labute approximate surface area is 143 Å². The van der Waals surface area contributed by atoms with E-state index in [4.69, 9.17) is 18.6 Å². The van der Waals surface area contributed by atoms with Crippen LogP contribution in [0.25, 0.3) is 0 Å². The molecule has 5 heteroatoms. The maximum atomic E-state index is 6.39. The van der Waals surface area contributed by atoms with Gasteiger partial charge in [-0.1, -0.05) is 40.5 Å². The second-order valence-electron chi connectivity index (χ2n) is 8.99. The van der Waals surface area contributed by atoms with E-state index in [0.29, 0.717) is 6.61 Å². The molecule has 0 saturated carbocycles. The predicted octanol–water partition coefficient (Wildman–Crippen LogP) is 4.49. The van der Waals surface area contributed by atoms with Gasteiger partial charge in [-0.05, 0) is 38.4 Å². The van der Waals surface area contributed by atoms with Crippen LogP contribution < -0.4 is 0 Å². The third kappa shape index (κ3) is 4.37. The quantitative estimate of drug-likeness (QED) is 0.665. The van der Waals surface area contributed by atoms with Gasteiger partial charge in [0.2, 0.25) is 0 Å². The van der Waals surface area contributed by atoms with E-state index in [2.05, 4.69) is 40.8 Å². The molecule has 2 heterocycles. The first kappa shape index (κ1) is 19.4. The first-order valence-corrected chi connectivity index (χ1v) is 12.0. The number of ether oxygens (including phenoxy) is 3. The lowest BCUT2D eigenvalue weighted by Crippen LogP contribution is -2.44. The highest BCUT2D eigenvalue weighted by Crippen LogP contribution is 2.42. The summed E-state index contributed by atoms with van der Waals surface area (Å²) >= 11 is 0. The zero-order valence-corrected chi connectivity index (χ0v) is 17.3. The van der Waals surface area contributed by atoms with Crippen LogP contribution in [0.3, 0.4) is 0 Å². The number of rotatable bonds is 6. The van der Waals surface area contributed by atoms with E-state index in [9.17, 15) is 0 Å². The van der Waals surface area contributed by atoms with E-state index in [1.165, 1.54) is 6.42 Å². The summed E-state index contributed by atoms with van der Waals surface area (Å²) in [6.45, 7) is 18.2. The van der Waals surface area contributed by atoms with Crippen LogP contribution in [-0.2, 0) is 18.6 Å². The van der Waals surface area contributed by atoms with Crippen LogP contribution in [0.1, 0.15) is 60.8 Å². The fourth-order valence-corrected chi connectivity index (χ4v) is 4.06. The Morgan fingerprint density at radius 1 is 1.04 bits per heavy atom. The highest BCUT2D eigenvalue weighted by molar-refractivity contribution is 6.74. The molecule has 4 nitrogen and oxygen atoms in total. The van der Waals surface area contributed by atoms with Crippen LogP contribution in [0.5, 0.6) is 0 Å². The Morgan fingerprint density at radius 2 is 1.61 bits per heavy atom.